The van der Waals surface area contributed by atoms with Crippen molar-refractivity contribution in [3.05, 3.63) is 68.8 Å². The number of nitriles is 1. The molecule has 0 aliphatic carbocycles. The predicted molar refractivity (Wildman–Crippen MR) is 103 cm³/mol. The van der Waals surface area contributed by atoms with E-state index in [-0.39, 0.29) is 5.57 Å². The number of halogens is 2. The van der Waals surface area contributed by atoms with E-state index in [4.69, 9.17) is 23.2 Å². The number of nitrogens with one attached hydrogen (secondary N) is 2. The Kier molecular flexibility index (Phi) is 6.08. The van der Waals surface area contributed by atoms with Gasteiger partial charge in [-0.05, 0) is 50.1 Å². The first-order valence-electron chi connectivity index (χ1n) is 7.53. The van der Waals surface area contributed by atoms with Crippen molar-refractivity contribution in [1.29, 1.82) is 5.26 Å². The standard InChI is InChI=1S/C19H17Cl2N3O/c1-11-6-12(2)18(13(3)7-11)23-10-14(9-22)19(25)24-17-8-15(20)4-5-16(17)21/h4-8,10,23H,1-3H3,(H,24,25)/b14-10-. The Labute approximate surface area is 157 Å². The van der Waals surface area contributed by atoms with E-state index >= 15 is 0 Å². The van der Waals surface area contributed by atoms with Gasteiger partial charge in [0.1, 0.15) is 11.6 Å². The molecule has 6 heteroatoms. The first-order chi connectivity index (χ1) is 11.8. The number of amides is 1. The molecule has 2 aromatic rings. The molecule has 2 N–H and O–H groups in total. The number of hydrogen-bond donors (Lipinski definition) is 2. The predicted octanol–water partition coefficient (Wildman–Crippen LogP) is 5.38. The van der Waals surface area contributed by atoms with Gasteiger partial charge < -0.3 is 10.6 Å². The second kappa shape index (κ2) is 8.06. The Morgan fingerprint density at radius 1 is 1.12 bits per heavy atom. The molecule has 0 fully saturated rings. The Morgan fingerprint density at radius 3 is 2.36 bits per heavy atom. The van der Waals surface area contributed by atoms with Crippen molar-refractivity contribution >= 4 is 40.5 Å². The van der Waals surface area contributed by atoms with E-state index < -0.39 is 5.91 Å². The number of carbonyl (C=O) groups excluding carboxylic acids is 1. The highest BCUT2D eigenvalue weighted by Gasteiger charge is 2.12. The molecule has 0 spiro atoms. The Morgan fingerprint density at radius 2 is 1.76 bits per heavy atom. The minimum atomic E-state index is -0.568. The molecule has 0 bridgehead atoms. The molecule has 0 aromatic heterocycles. The van der Waals surface area contributed by atoms with Crippen LogP contribution >= 0.6 is 23.2 Å². The van der Waals surface area contributed by atoms with Crippen LogP contribution in [0.15, 0.2) is 42.1 Å². The molecule has 0 radical (unpaired) electrons. The van der Waals surface area contributed by atoms with Gasteiger partial charge >= 0.3 is 0 Å². The lowest BCUT2D eigenvalue weighted by molar-refractivity contribution is -0.112. The molecular weight excluding hydrogens is 357 g/mol. The van der Waals surface area contributed by atoms with Crippen molar-refractivity contribution in [3.63, 3.8) is 0 Å². The summed E-state index contributed by atoms with van der Waals surface area (Å²) < 4.78 is 0. The topological polar surface area (TPSA) is 64.9 Å². The Bertz CT molecular complexity index is 875. The molecule has 25 heavy (non-hydrogen) atoms. The highest BCUT2D eigenvalue weighted by atomic mass is 35.5. The summed E-state index contributed by atoms with van der Waals surface area (Å²) >= 11 is 11.9. The summed E-state index contributed by atoms with van der Waals surface area (Å²) in [5.41, 5.74) is 4.36. The normalized spacial score (nSPS) is 11.0. The first-order valence-corrected chi connectivity index (χ1v) is 8.28. The average molecular weight is 374 g/mol. The van der Waals surface area contributed by atoms with E-state index in [9.17, 15) is 10.1 Å². The maximum atomic E-state index is 12.3. The highest BCUT2D eigenvalue weighted by Crippen LogP contribution is 2.26. The summed E-state index contributed by atoms with van der Waals surface area (Å²) in [6.45, 7) is 5.95. The molecule has 2 aromatic carbocycles. The third-order valence-electron chi connectivity index (χ3n) is 3.58. The number of rotatable bonds is 4. The molecule has 1 amide bonds. The molecular formula is C19H17Cl2N3O. The van der Waals surface area contributed by atoms with Gasteiger partial charge in [0.05, 0.1) is 10.7 Å². The van der Waals surface area contributed by atoms with E-state index in [1.54, 1.807) is 12.1 Å². The quantitative estimate of drug-likeness (QED) is 0.558. The minimum absolute atomic E-state index is 0.0737. The third-order valence-corrected chi connectivity index (χ3v) is 4.14. The lowest BCUT2D eigenvalue weighted by Gasteiger charge is -2.12. The fourth-order valence-corrected chi connectivity index (χ4v) is 2.82. The van der Waals surface area contributed by atoms with E-state index in [0.29, 0.717) is 15.7 Å². The van der Waals surface area contributed by atoms with Crippen LogP contribution in [0.4, 0.5) is 11.4 Å². The fraction of sp³-hybridized carbons (Fsp3) is 0.158. The van der Waals surface area contributed by atoms with Gasteiger partial charge in [0.2, 0.25) is 0 Å². The second-order valence-electron chi connectivity index (χ2n) is 5.67. The van der Waals surface area contributed by atoms with Gasteiger partial charge in [0, 0.05) is 16.9 Å². The van der Waals surface area contributed by atoms with Crippen LogP contribution in [0.2, 0.25) is 10.0 Å². The molecule has 0 heterocycles. The van der Waals surface area contributed by atoms with E-state index in [1.165, 1.54) is 12.3 Å². The third kappa shape index (κ3) is 4.76. The summed E-state index contributed by atoms with van der Waals surface area (Å²) in [7, 11) is 0. The summed E-state index contributed by atoms with van der Waals surface area (Å²) in [4.78, 5) is 12.3. The molecule has 4 nitrogen and oxygen atoms in total. The van der Waals surface area contributed by atoms with Crippen molar-refractivity contribution in [2.24, 2.45) is 0 Å². The lowest BCUT2D eigenvalue weighted by atomic mass is 10.1. The number of aryl methyl sites for hydroxylation is 3. The molecule has 0 aliphatic rings. The first kappa shape index (κ1) is 18.9. The zero-order valence-electron chi connectivity index (χ0n) is 14.1. The van der Waals surface area contributed by atoms with Crippen molar-refractivity contribution < 1.29 is 4.79 Å². The zero-order valence-corrected chi connectivity index (χ0v) is 15.6. The molecule has 0 atom stereocenters. The molecule has 2 rings (SSSR count). The lowest BCUT2D eigenvalue weighted by Crippen LogP contribution is -2.15. The smallest absolute Gasteiger partial charge is 0.267 e. The molecule has 0 saturated heterocycles. The monoisotopic (exact) mass is 373 g/mol. The van der Waals surface area contributed by atoms with Crippen LogP contribution in [0.25, 0.3) is 0 Å². The van der Waals surface area contributed by atoms with Crippen molar-refractivity contribution in [2.45, 2.75) is 20.8 Å². The van der Waals surface area contributed by atoms with Crippen LogP contribution in [0, 0.1) is 32.1 Å². The molecule has 0 saturated carbocycles. The van der Waals surface area contributed by atoms with Gasteiger partial charge in [-0.25, -0.2) is 0 Å². The van der Waals surface area contributed by atoms with Crippen LogP contribution in [-0.2, 0) is 4.79 Å². The van der Waals surface area contributed by atoms with E-state index in [0.717, 1.165) is 22.4 Å². The van der Waals surface area contributed by atoms with Crippen LogP contribution < -0.4 is 10.6 Å². The summed E-state index contributed by atoms with van der Waals surface area (Å²) in [5.74, 6) is -0.568. The highest BCUT2D eigenvalue weighted by molar-refractivity contribution is 6.35. The fourth-order valence-electron chi connectivity index (χ4n) is 2.48. The molecule has 128 valence electrons. The van der Waals surface area contributed by atoms with Crippen LogP contribution in [0.3, 0.4) is 0 Å². The van der Waals surface area contributed by atoms with Gasteiger partial charge in [-0.2, -0.15) is 5.26 Å². The van der Waals surface area contributed by atoms with Crippen molar-refractivity contribution in [3.8, 4) is 6.07 Å². The second-order valence-corrected chi connectivity index (χ2v) is 6.51. The van der Waals surface area contributed by atoms with Crippen molar-refractivity contribution in [2.75, 3.05) is 10.6 Å². The summed E-state index contributed by atoms with van der Waals surface area (Å²) in [6.07, 6.45) is 1.39. The van der Waals surface area contributed by atoms with Gasteiger partial charge in [-0.1, -0.05) is 40.9 Å². The van der Waals surface area contributed by atoms with Gasteiger partial charge in [0.15, 0.2) is 0 Å². The molecule has 0 unspecified atom stereocenters. The van der Waals surface area contributed by atoms with Crippen LogP contribution in [0.1, 0.15) is 16.7 Å². The van der Waals surface area contributed by atoms with Gasteiger partial charge in [-0.15, -0.1) is 0 Å². The maximum absolute atomic E-state index is 12.3. The molecule has 0 aliphatic heterocycles. The number of nitrogens with zero attached hydrogens (tertiary/aromatic N) is 1. The zero-order chi connectivity index (χ0) is 18.6. The summed E-state index contributed by atoms with van der Waals surface area (Å²) in [6, 6.07) is 10.7. The number of anilines is 2. The Balaban J connectivity index is 2.22. The minimum Gasteiger partial charge on any atom is -0.360 e. The number of benzene rings is 2. The van der Waals surface area contributed by atoms with Crippen LogP contribution in [0.5, 0.6) is 0 Å². The number of hydrogen-bond acceptors (Lipinski definition) is 3. The maximum Gasteiger partial charge on any atom is 0.267 e. The Hall–Kier alpha value is -2.48. The summed E-state index contributed by atoms with van der Waals surface area (Å²) in [5, 5.41) is 15.7. The SMILES string of the molecule is Cc1cc(C)c(N/C=C(/C#N)C(=O)Nc2cc(Cl)ccc2Cl)c(C)c1. The average Bonchev–Trinajstić information content (AvgIpc) is 2.53. The van der Waals surface area contributed by atoms with Crippen LogP contribution in [-0.4, -0.2) is 5.91 Å². The van der Waals surface area contributed by atoms with Gasteiger partial charge in [-0.3, -0.25) is 4.79 Å². The largest absolute Gasteiger partial charge is 0.360 e. The van der Waals surface area contributed by atoms with E-state index in [1.807, 2.05) is 39.0 Å². The van der Waals surface area contributed by atoms with Gasteiger partial charge in [0.25, 0.3) is 5.91 Å². The van der Waals surface area contributed by atoms with E-state index in [2.05, 4.69) is 10.6 Å². The number of carbonyl (C=O) groups is 1. The van der Waals surface area contributed by atoms with Crippen molar-refractivity contribution in [1.82, 2.24) is 0 Å².